The van der Waals surface area contributed by atoms with E-state index in [0.717, 1.165) is 22.6 Å². The zero-order chi connectivity index (χ0) is 17.8. The van der Waals surface area contributed by atoms with E-state index in [4.69, 9.17) is 9.47 Å². The van der Waals surface area contributed by atoms with E-state index in [1.54, 1.807) is 18.6 Å². The summed E-state index contributed by atoms with van der Waals surface area (Å²) in [6.07, 6.45) is 8.63. The lowest BCUT2D eigenvalue weighted by atomic mass is 10.2. The van der Waals surface area contributed by atoms with Gasteiger partial charge >= 0.3 is 0 Å². The number of amides is 1. The summed E-state index contributed by atoms with van der Waals surface area (Å²) in [4.78, 5) is 16.0. The predicted molar refractivity (Wildman–Crippen MR) is 97.0 cm³/mol. The molecule has 26 heavy (non-hydrogen) atoms. The average Bonchev–Trinajstić information content (AvgIpc) is 3.36. The quantitative estimate of drug-likeness (QED) is 0.721. The molecule has 4 rings (SSSR count). The van der Waals surface area contributed by atoms with Crippen molar-refractivity contribution in [1.29, 1.82) is 0 Å². The van der Waals surface area contributed by atoms with E-state index in [1.165, 1.54) is 6.08 Å². The third-order valence-electron chi connectivity index (χ3n) is 4.03. The van der Waals surface area contributed by atoms with Crippen LogP contribution in [0.5, 0.6) is 11.5 Å². The van der Waals surface area contributed by atoms with Gasteiger partial charge in [0.15, 0.2) is 11.5 Å². The SMILES string of the molecule is O=C(/C=C/c1ccc2c(c1)OCO2)NCc1ccc(-n2ccnc2)cc1. The number of fused-ring (bicyclic) bond motifs is 1. The van der Waals surface area contributed by atoms with Crippen LogP contribution in [0.25, 0.3) is 11.8 Å². The molecule has 130 valence electrons. The van der Waals surface area contributed by atoms with E-state index in [0.29, 0.717) is 12.3 Å². The summed E-state index contributed by atoms with van der Waals surface area (Å²) in [5.41, 5.74) is 2.94. The first-order valence-electron chi connectivity index (χ1n) is 8.21. The fourth-order valence-electron chi connectivity index (χ4n) is 2.63. The Balaban J connectivity index is 1.32. The number of carbonyl (C=O) groups excluding carboxylic acids is 1. The van der Waals surface area contributed by atoms with Gasteiger partial charge in [0.1, 0.15) is 0 Å². The predicted octanol–water partition coefficient (Wildman–Crippen LogP) is 2.93. The summed E-state index contributed by atoms with van der Waals surface area (Å²) in [7, 11) is 0. The number of imidazole rings is 1. The van der Waals surface area contributed by atoms with Gasteiger partial charge in [-0.1, -0.05) is 18.2 Å². The van der Waals surface area contributed by atoms with E-state index in [9.17, 15) is 4.79 Å². The maximum Gasteiger partial charge on any atom is 0.244 e. The van der Waals surface area contributed by atoms with Crippen LogP contribution >= 0.6 is 0 Å². The lowest BCUT2D eigenvalue weighted by Crippen LogP contribution is -2.20. The molecule has 0 aliphatic carbocycles. The Hall–Kier alpha value is -3.54. The normalized spacial score (nSPS) is 12.5. The van der Waals surface area contributed by atoms with Crippen LogP contribution in [0.1, 0.15) is 11.1 Å². The molecule has 1 aromatic heterocycles. The Morgan fingerprint density at radius 2 is 2.00 bits per heavy atom. The Morgan fingerprint density at radius 1 is 1.15 bits per heavy atom. The molecule has 0 bridgehead atoms. The Labute approximate surface area is 150 Å². The van der Waals surface area contributed by atoms with Crippen LogP contribution in [0, 0.1) is 0 Å². The van der Waals surface area contributed by atoms with E-state index < -0.39 is 0 Å². The molecule has 1 aliphatic heterocycles. The van der Waals surface area contributed by atoms with Crippen LogP contribution in [0.4, 0.5) is 0 Å². The largest absolute Gasteiger partial charge is 0.454 e. The van der Waals surface area contributed by atoms with Crippen LogP contribution in [-0.4, -0.2) is 22.3 Å². The van der Waals surface area contributed by atoms with Crippen molar-refractivity contribution >= 4 is 12.0 Å². The molecule has 1 amide bonds. The Bertz CT molecular complexity index is 931. The number of ether oxygens (including phenoxy) is 2. The van der Waals surface area contributed by atoms with Crippen molar-refractivity contribution in [3.8, 4) is 17.2 Å². The number of rotatable bonds is 5. The zero-order valence-electron chi connectivity index (χ0n) is 14.0. The zero-order valence-corrected chi connectivity index (χ0v) is 14.0. The van der Waals surface area contributed by atoms with Gasteiger partial charge in [-0.2, -0.15) is 0 Å². The molecular formula is C20H17N3O3. The fourth-order valence-corrected chi connectivity index (χ4v) is 2.63. The molecular weight excluding hydrogens is 330 g/mol. The maximum absolute atomic E-state index is 12.0. The molecule has 0 unspecified atom stereocenters. The smallest absolute Gasteiger partial charge is 0.244 e. The number of hydrogen-bond acceptors (Lipinski definition) is 4. The second-order valence-corrected chi connectivity index (χ2v) is 5.80. The van der Waals surface area contributed by atoms with Crippen molar-refractivity contribution < 1.29 is 14.3 Å². The molecule has 0 radical (unpaired) electrons. The first kappa shape index (κ1) is 16.0. The first-order chi connectivity index (χ1) is 12.8. The average molecular weight is 347 g/mol. The minimum atomic E-state index is -0.152. The van der Waals surface area contributed by atoms with Crippen LogP contribution in [0.2, 0.25) is 0 Å². The summed E-state index contributed by atoms with van der Waals surface area (Å²) < 4.78 is 12.5. The van der Waals surface area contributed by atoms with E-state index in [-0.39, 0.29) is 12.7 Å². The minimum Gasteiger partial charge on any atom is -0.454 e. The van der Waals surface area contributed by atoms with Crippen LogP contribution in [0.3, 0.4) is 0 Å². The summed E-state index contributed by atoms with van der Waals surface area (Å²) >= 11 is 0. The fraction of sp³-hybridized carbons (Fsp3) is 0.100. The summed E-state index contributed by atoms with van der Waals surface area (Å²) in [6, 6.07) is 13.5. The van der Waals surface area contributed by atoms with E-state index in [2.05, 4.69) is 10.3 Å². The van der Waals surface area contributed by atoms with Crippen molar-refractivity contribution in [3.63, 3.8) is 0 Å². The third-order valence-corrected chi connectivity index (χ3v) is 4.03. The molecule has 6 nitrogen and oxygen atoms in total. The number of benzene rings is 2. The van der Waals surface area contributed by atoms with Crippen LogP contribution < -0.4 is 14.8 Å². The second kappa shape index (κ2) is 7.14. The van der Waals surface area contributed by atoms with Gasteiger partial charge in [0.25, 0.3) is 0 Å². The van der Waals surface area contributed by atoms with Crippen molar-refractivity contribution in [1.82, 2.24) is 14.9 Å². The summed E-state index contributed by atoms with van der Waals surface area (Å²) in [5.74, 6) is 1.28. The second-order valence-electron chi connectivity index (χ2n) is 5.80. The number of nitrogens with zero attached hydrogens (tertiary/aromatic N) is 2. The van der Waals surface area contributed by atoms with Gasteiger partial charge in [0.05, 0.1) is 6.33 Å². The van der Waals surface area contributed by atoms with Crippen molar-refractivity contribution in [2.45, 2.75) is 6.54 Å². The highest BCUT2D eigenvalue weighted by molar-refractivity contribution is 5.91. The molecule has 0 spiro atoms. The van der Waals surface area contributed by atoms with Crippen LogP contribution in [0.15, 0.2) is 67.3 Å². The lowest BCUT2D eigenvalue weighted by Gasteiger charge is -2.05. The lowest BCUT2D eigenvalue weighted by molar-refractivity contribution is -0.116. The molecule has 0 saturated carbocycles. The number of carbonyl (C=O) groups is 1. The number of hydrogen-bond donors (Lipinski definition) is 1. The molecule has 2 aromatic carbocycles. The number of nitrogens with one attached hydrogen (secondary N) is 1. The van der Waals surface area contributed by atoms with Crippen molar-refractivity contribution in [2.24, 2.45) is 0 Å². The monoisotopic (exact) mass is 347 g/mol. The third kappa shape index (κ3) is 3.59. The highest BCUT2D eigenvalue weighted by atomic mass is 16.7. The standard InChI is InChI=1S/C20H17N3O3/c24-20(8-4-15-3-7-18-19(11-15)26-14-25-18)22-12-16-1-5-17(6-2-16)23-10-9-21-13-23/h1-11,13H,12,14H2,(H,22,24)/b8-4+. The van der Waals surface area contributed by atoms with Gasteiger partial charge < -0.3 is 19.4 Å². The molecule has 1 aliphatic rings. The molecule has 6 heteroatoms. The van der Waals surface area contributed by atoms with Gasteiger partial charge in [0, 0.05) is 30.7 Å². The van der Waals surface area contributed by atoms with Gasteiger partial charge in [-0.15, -0.1) is 0 Å². The van der Waals surface area contributed by atoms with Crippen LogP contribution in [-0.2, 0) is 11.3 Å². The molecule has 0 fully saturated rings. The van der Waals surface area contributed by atoms with Gasteiger partial charge in [0.2, 0.25) is 12.7 Å². The van der Waals surface area contributed by atoms with E-state index in [1.807, 2.05) is 53.2 Å². The van der Waals surface area contributed by atoms with Gasteiger partial charge in [-0.3, -0.25) is 4.79 Å². The maximum atomic E-state index is 12.0. The highest BCUT2D eigenvalue weighted by Gasteiger charge is 2.12. The summed E-state index contributed by atoms with van der Waals surface area (Å²) in [5, 5.41) is 2.87. The minimum absolute atomic E-state index is 0.152. The molecule has 3 aromatic rings. The number of aromatic nitrogens is 2. The van der Waals surface area contributed by atoms with Gasteiger partial charge in [-0.25, -0.2) is 4.98 Å². The molecule has 0 atom stereocenters. The van der Waals surface area contributed by atoms with Crippen molar-refractivity contribution in [2.75, 3.05) is 6.79 Å². The molecule has 2 heterocycles. The first-order valence-corrected chi connectivity index (χ1v) is 8.21. The van der Waals surface area contributed by atoms with E-state index >= 15 is 0 Å². The summed E-state index contributed by atoms with van der Waals surface area (Å²) in [6.45, 7) is 0.706. The Morgan fingerprint density at radius 3 is 2.81 bits per heavy atom. The highest BCUT2D eigenvalue weighted by Crippen LogP contribution is 2.32. The topological polar surface area (TPSA) is 65.4 Å². The van der Waals surface area contributed by atoms with Crippen molar-refractivity contribution in [3.05, 3.63) is 78.4 Å². The Kier molecular flexibility index (Phi) is 4.38. The van der Waals surface area contributed by atoms with Gasteiger partial charge in [-0.05, 0) is 41.5 Å². The molecule has 0 saturated heterocycles. The molecule has 1 N–H and O–H groups in total.